The smallest absolute Gasteiger partial charge is 0.187 e. The van der Waals surface area contributed by atoms with Crippen molar-refractivity contribution in [2.75, 3.05) is 12.8 Å². The molecule has 3 rings (SSSR count). The molecule has 0 radical (unpaired) electrons. The van der Waals surface area contributed by atoms with Crippen LogP contribution in [0.1, 0.15) is 21.5 Å². The van der Waals surface area contributed by atoms with Gasteiger partial charge in [-0.05, 0) is 41.5 Å². The maximum Gasteiger partial charge on any atom is 0.187 e. The molecule has 3 aromatic rings. The Morgan fingerprint density at radius 2 is 1.70 bits per heavy atom. The van der Waals surface area contributed by atoms with Crippen molar-refractivity contribution < 1.29 is 14.3 Å². The van der Waals surface area contributed by atoms with Crippen molar-refractivity contribution in [2.45, 2.75) is 6.61 Å². The maximum atomic E-state index is 12.3. The molecule has 0 aliphatic heterocycles. The maximum absolute atomic E-state index is 12.3. The third kappa shape index (κ3) is 4.76. The standard InChI is InChI=1S/C23H21NO3/c1-26-23-15-17(11-13-21(25)19-9-5-6-10-20(19)24)12-14-22(23)27-16-18-7-3-2-4-8-18/h2-15H,16,24H2,1H3. The molecule has 4 heteroatoms. The van der Waals surface area contributed by atoms with Crippen LogP contribution in [0.5, 0.6) is 11.5 Å². The Bertz CT molecular complexity index is 949. The number of methoxy groups -OCH3 is 1. The summed E-state index contributed by atoms with van der Waals surface area (Å²) in [5.41, 5.74) is 8.72. The first-order valence-corrected chi connectivity index (χ1v) is 8.59. The molecule has 0 saturated heterocycles. The van der Waals surface area contributed by atoms with E-state index in [1.807, 2.05) is 48.5 Å². The van der Waals surface area contributed by atoms with Gasteiger partial charge in [0.1, 0.15) is 6.61 Å². The van der Waals surface area contributed by atoms with Crippen LogP contribution in [-0.4, -0.2) is 12.9 Å². The summed E-state index contributed by atoms with van der Waals surface area (Å²) in [6.45, 7) is 0.457. The van der Waals surface area contributed by atoms with Crippen LogP contribution >= 0.6 is 0 Å². The lowest BCUT2D eigenvalue weighted by atomic mass is 10.1. The highest BCUT2D eigenvalue weighted by Gasteiger charge is 2.07. The van der Waals surface area contributed by atoms with Gasteiger partial charge in [0.25, 0.3) is 0 Å². The van der Waals surface area contributed by atoms with Crippen LogP contribution in [0.3, 0.4) is 0 Å². The molecule has 0 atom stereocenters. The Kier molecular flexibility index (Phi) is 5.90. The quantitative estimate of drug-likeness (QED) is 0.376. The molecule has 0 unspecified atom stereocenters. The van der Waals surface area contributed by atoms with E-state index >= 15 is 0 Å². The van der Waals surface area contributed by atoms with Gasteiger partial charge in [-0.25, -0.2) is 0 Å². The van der Waals surface area contributed by atoms with E-state index in [0.717, 1.165) is 11.1 Å². The number of rotatable bonds is 7. The van der Waals surface area contributed by atoms with E-state index < -0.39 is 0 Å². The summed E-state index contributed by atoms with van der Waals surface area (Å²) in [6, 6.07) is 22.5. The predicted molar refractivity (Wildman–Crippen MR) is 108 cm³/mol. The van der Waals surface area contributed by atoms with Gasteiger partial charge in [-0.1, -0.05) is 54.6 Å². The van der Waals surface area contributed by atoms with Crippen LogP contribution in [0, 0.1) is 0 Å². The summed E-state index contributed by atoms with van der Waals surface area (Å²) in [4.78, 5) is 12.3. The highest BCUT2D eigenvalue weighted by Crippen LogP contribution is 2.29. The number of nitrogens with two attached hydrogens (primary N) is 1. The Morgan fingerprint density at radius 1 is 0.963 bits per heavy atom. The molecule has 2 N–H and O–H groups in total. The summed E-state index contributed by atoms with van der Waals surface area (Å²) >= 11 is 0. The second-order valence-corrected chi connectivity index (χ2v) is 5.97. The van der Waals surface area contributed by atoms with Gasteiger partial charge in [0.15, 0.2) is 17.3 Å². The predicted octanol–water partition coefficient (Wildman–Crippen LogP) is 4.75. The monoisotopic (exact) mass is 359 g/mol. The molecule has 3 aromatic carbocycles. The normalized spacial score (nSPS) is 10.7. The summed E-state index contributed by atoms with van der Waals surface area (Å²) < 4.78 is 11.3. The zero-order valence-corrected chi connectivity index (χ0v) is 15.1. The topological polar surface area (TPSA) is 61.5 Å². The fourth-order valence-corrected chi connectivity index (χ4v) is 2.63. The summed E-state index contributed by atoms with van der Waals surface area (Å²) in [7, 11) is 1.59. The molecule has 0 spiro atoms. The number of ether oxygens (including phenoxy) is 2. The molecule has 0 saturated carbocycles. The third-order valence-corrected chi connectivity index (χ3v) is 4.08. The molecule has 27 heavy (non-hydrogen) atoms. The Hall–Kier alpha value is -3.53. The van der Waals surface area contributed by atoms with Gasteiger partial charge in [0.2, 0.25) is 0 Å². The highest BCUT2D eigenvalue weighted by atomic mass is 16.5. The number of hydrogen-bond acceptors (Lipinski definition) is 4. The molecule has 0 amide bonds. The zero-order chi connectivity index (χ0) is 19.1. The Balaban J connectivity index is 1.72. The summed E-state index contributed by atoms with van der Waals surface area (Å²) in [5.74, 6) is 1.12. The van der Waals surface area contributed by atoms with E-state index in [9.17, 15) is 4.79 Å². The lowest BCUT2D eigenvalue weighted by Crippen LogP contribution is -2.00. The number of ketones is 1. The van der Waals surface area contributed by atoms with Gasteiger partial charge in [-0.15, -0.1) is 0 Å². The van der Waals surface area contributed by atoms with Crippen LogP contribution in [0.25, 0.3) is 6.08 Å². The number of para-hydroxylation sites is 1. The van der Waals surface area contributed by atoms with Crippen LogP contribution in [-0.2, 0) is 6.61 Å². The van der Waals surface area contributed by atoms with E-state index in [4.69, 9.17) is 15.2 Å². The lowest BCUT2D eigenvalue weighted by Gasteiger charge is -2.11. The lowest BCUT2D eigenvalue weighted by molar-refractivity contribution is 0.104. The Labute approximate surface area is 158 Å². The van der Waals surface area contributed by atoms with Gasteiger partial charge in [0, 0.05) is 11.3 Å². The van der Waals surface area contributed by atoms with Gasteiger partial charge in [-0.3, -0.25) is 4.79 Å². The number of carbonyl (C=O) groups is 1. The molecule has 0 bridgehead atoms. The summed E-state index contributed by atoms with van der Waals surface area (Å²) in [5, 5.41) is 0. The number of benzene rings is 3. The van der Waals surface area contributed by atoms with Crippen molar-refractivity contribution in [2.24, 2.45) is 0 Å². The average molecular weight is 359 g/mol. The van der Waals surface area contributed by atoms with Gasteiger partial charge in [-0.2, -0.15) is 0 Å². The second kappa shape index (κ2) is 8.72. The molecule has 0 heterocycles. The minimum atomic E-state index is -0.142. The van der Waals surface area contributed by atoms with Crippen molar-refractivity contribution in [1.29, 1.82) is 0 Å². The summed E-state index contributed by atoms with van der Waals surface area (Å²) in [6.07, 6.45) is 3.24. The number of hydrogen-bond donors (Lipinski definition) is 1. The van der Waals surface area contributed by atoms with E-state index in [1.54, 1.807) is 37.5 Å². The molecule has 136 valence electrons. The Morgan fingerprint density at radius 3 is 2.44 bits per heavy atom. The first-order valence-electron chi connectivity index (χ1n) is 8.59. The number of anilines is 1. The minimum absolute atomic E-state index is 0.142. The van der Waals surface area contributed by atoms with Crippen molar-refractivity contribution in [1.82, 2.24) is 0 Å². The largest absolute Gasteiger partial charge is 0.493 e. The fraction of sp³-hybridized carbons (Fsp3) is 0.0870. The number of allylic oxidation sites excluding steroid dienone is 1. The second-order valence-electron chi connectivity index (χ2n) is 5.97. The average Bonchev–Trinajstić information content (AvgIpc) is 2.71. The van der Waals surface area contributed by atoms with E-state index in [-0.39, 0.29) is 5.78 Å². The molecule has 0 aliphatic carbocycles. The minimum Gasteiger partial charge on any atom is -0.493 e. The zero-order valence-electron chi connectivity index (χ0n) is 15.1. The molecule has 4 nitrogen and oxygen atoms in total. The highest BCUT2D eigenvalue weighted by molar-refractivity contribution is 6.10. The molecule has 0 aromatic heterocycles. The van der Waals surface area contributed by atoms with Crippen molar-refractivity contribution in [3.63, 3.8) is 0 Å². The van der Waals surface area contributed by atoms with Gasteiger partial charge >= 0.3 is 0 Å². The van der Waals surface area contributed by atoms with Crippen LogP contribution in [0.4, 0.5) is 5.69 Å². The first kappa shape index (κ1) is 18.3. The van der Waals surface area contributed by atoms with Crippen LogP contribution in [0.15, 0.2) is 78.9 Å². The van der Waals surface area contributed by atoms with Crippen LogP contribution < -0.4 is 15.2 Å². The van der Waals surface area contributed by atoms with E-state index in [1.165, 1.54) is 6.08 Å². The van der Waals surface area contributed by atoms with Gasteiger partial charge in [0.05, 0.1) is 7.11 Å². The first-order chi connectivity index (χ1) is 13.2. The van der Waals surface area contributed by atoms with Crippen LogP contribution in [0.2, 0.25) is 0 Å². The van der Waals surface area contributed by atoms with E-state index in [0.29, 0.717) is 29.4 Å². The molecular weight excluding hydrogens is 338 g/mol. The van der Waals surface area contributed by atoms with Crippen molar-refractivity contribution in [3.05, 3.63) is 95.6 Å². The number of nitrogen functional groups attached to an aromatic ring is 1. The van der Waals surface area contributed by atoms with Crippen molar-refractivity contribution in [3.8, 4) is 11.5 Å². The number of carbonyl (C=O) groups excluding carboxylic acids is 1. The molecule has 0 aliphatic rings. The van der Waals surface area contributed by atoms with E-state index in [2.05, 4.69) is 0 Å². The van der Waals surface area contributed by atoms with Gasteiger partial charge < -0.3 is 15.2 Å². The third-order valence-electron chi connectivity index (χ3n) is 4.08. The van der Waals surface area contributed by atoms with Crippen molar-refractivity contribution >= 4 is 17.5 Å². The fourth-order valence-electron chi connectivity index (χ4n) is 2.63. The molecular formula is C23H21NO3. The molecule has 0 fully saturated rings. The SMILES string of the molecule is COc1cc(C=CC(=O)c2ccccc2N)ccc1OCc1ccccc1.